The van der Waals surface area contributed by atoms with Gasteiger partial charge in [0.25, 0.3) is 0 Å². The van der Waals surface area contributed by atoms with E-state index in [9.17, 15) is 14.7 Å². The average Bonchev–Trinajstić information content (AvgIpc) is 3.20. The van der Waals surface area contributed by atoms with Crippen LogP contribution in [0.5, 0.6) is 0 Å². The number of carboxylic acids is 1. The molecule has 4 rings (SSSR count). The summed E-state index contributed by atoms with van der Waals surface area (Å²) in [5.41, 5.74) is 3.21. The van der Waals surface area contributed by atoms with Gasteiger partial charge in [-0.05, 0) is 31.0 Å². The zero-order chi connectivity index (χ0) is 15.3. The number of amides is 1. The molecule has 2 fully saturated rings. The Bertz CT molecular complexity index is 759. The van der Waals surface area contributed by atoms with Crippen LogP contribution in [0, 0.1) is 11.8 Å². The molecule has 0 spiro atoms. The standard InChI is InChI=1S/C15H14N2O4S/c18-14(12-9-2-3-10(21-9)13(12)15(19)20)17-7-1-4-11-8(5-7)16-6-22-11/h1,4-6,9-10,12-13H,2-3H2,(H,17,18)(H,19,20). The molecular weight excluding hydrogens is 304 g/mol. The third kappa shape index (κ3) is 2.08. The van der Waals surface area contributed by atoms with E-state index in [1.165, 1.54) is 11.3 Å². The number of hydrogen-bond acceptors (Lipinski definition) is 5. The lowest BCUT2D eigenvalue weighted by atomic mass is 9.78. The minimum absolute atomic E-state index is 0.283. The van der Waals surface area contributed by atoms with E-state index >= 15 is 0 Å². The maximum atomic E-state index is 12.5. The molecule has 1 aromatic carbocycles. The van der Waals surface area contributed by atoms with E-state index in [0.29, 0.717) is 5.69 Å². The Morgan fingerprint density at radius 3 is 2.82 bits per heavy atom. The first kappa shape index (κ1) is 13.7. The Balaban J connectivity index is 1.57. The van der Waals surface area contributed by atoms with Crippen molar-refractivity contribution < 1.29 is 19.4 Å². The Morgan fingerprint density at radius 2 is 2.05 bits per heavy atom. The number of hydrogen-bond donors (Lipinski definition) is 2. The second-order valence-electron chi connectivity index (χ2n) is 5.70. The molecule has 7 heteroatoms. The lowest BCUT2D eigenvalue weighted by molar-refractivity contribution is -0.147. The van der Waals surface area contributed by atoms with Crippen molar-refractivity contribution >= 4 is 39.1 Å². The van der Waals surface area contributed by atoms with Crippen LogP contribution in [0.2, 0.25) is 0 Å². The molecule has 2 N–H and O–H groups in total. The molecule has 4 unspecified atom stereocenters. The van der Waals surface area contributed by atoms with Gasteiger partial charge in [0.15, 0.2) is 0 Å². The van der Waals surface area contributed by atoms with Gasteiger partial charge in [-0.2, -0.15) is 0 Å². The number of benzene rings is 1. The van der Waals surface area contributed by atoms with E-state index in [1.54, 1.807) is 11.6 Å². The lowest BCUT2D eigenvalue weighted by Gasteiger charge is -2.23. The maximum Gasteiger partial charge on any atom is 0.310 e. The molecule has 22 heavy (non-hydrogen) atoms. The first-order chi connectivity index (χ1) is 10.6. The number of fused-ring (bicyclic) bond motifs is 3. The zero-order valence-electron chi connectivity index (χ0n) is 11.6. The molecule has 0 radical (unpaired) electrons. The summed E-state index contributed by atoms with van der Waals surface area (Å²) in [6.45, 7) is 0. The van der Waals surface area contributed by atoms with Gasteiger partial charge in [-0.25, -0.2) is 4.98 Å². The molecule has 1 aromatic heterocycles. The van der Waals surface area contributed by atoms with Gasteiger partial charge in [-0.3, -0.25) is 9.59 Å². The number of anilines is 1. The molecule has 2 bridgehead atoms. The Kier molecular flexibility index (Phi) is 3.12. The van der Waals surface area contributed by atoms with Gasteiger partial charge in [0, 0.05) is 5.69 Å². The van der Waals surface area contributed by atoms with E-state index in [-0.39, 0.29) is 18.1 Å². The van der Waals surface area contributed by atoms with Crippen molar-refractivity contribution in [1.29, 1.82) is 0 Å². The van der Waals surface area contributed by atoms with Gasteiger partial charge in [0.05, 0.1) is 39.8 Å². The minimum Gasteiger partial charge on any atom is -0.481 e. The Hall–Kier alpha value is -1.99. The lowest BCUT2D eigenvalue weighted by Crippen LogP contribution is -2.40. The van der Waals surface area contributed by atoms with Gasteiger partial charge in [0.2, 0.25) is 5.91 Å². The van der Waals surface area contributed by atoms with Crippen LogP contribution < -0.4 is 5.32 Å². The van der Waals surface area contributed by atoms with Crippen LogP contribution in [-0.4, -0.2) is 34.2 Å². The molecule has 0 saturated carbocycles. The van der Waals surface area contributed by atoms with Crippen molar-refractivity contribution in [2.24, 2.45) is 11.8 Å². The first-order valence-corrected chi connectivity index (χ1v) is 8.04. The molecule has 114 valence electrons. The van der Waals surface area contributed by atoms with E-state index < -0.39 is 17.8 Å². The van der Waals surface area contributed by atoms with Gasteiger partial charge >= 0.3 is 5.97 Å². The van der Waals surface area contributed by atoms with Crippen LogP contribution in [0.4, 0.5) is 5.69 Å². The fraction of sp³-hybridized carbons (Fsp3) is 0.400. The molecule has 2 aliphatic heterocycles. The summed E-state index contributed by atoms with van der Waals surface area (Å²) in [5, 5.41) is 12.2. The predicted octanol–water partition coefficient (Wildman–Crippen LogP) is 2.11. The summed E-state index contributed by atoms with van der Waals surface area (Å²) in [6, 6.07) is 5.50. The summed E-state index contributed by atoms with van der Waals surface area (Å²) in [7, 11) is 0. The number of ether oxygens (including phenoxy) is 1. The van der Waals surface area contributed by atoms with E-state index in [1.807, 2.05) is 12.1 Å². The molecule has 2 aliphatic rings. The van der Waals surface area contributed by atoms with Crippen LogP contribution in [0.3, 0.4) is 0 Å². The van der Waals surface area contributed by atoms with Crippen LogP contribution in [-0.2, 0) is 14.3 Å². The van der Waals surface area contributed by atoms with Gasteiger partial charge in [-0.1, -0.05) is 0 Å². The summed E-state index contributed by atoms with van der Waals surface area (Å²) >= 11 is 1.53. The molecule has 2 saturated heterocycles. The number of nitrogens with zero attached hydrogens (tertiary/aromatic N) is 1. The van der Waals surface area contributed by atoms with Crippen molar-refractivity contribution in [3.8, 4) is 0 Å². The number of rotatable bonds is 3. The van der Waals surface area contributed by atoms with Crippen molar-refractivity contribution in [3.05, 3.63) is 23.7 Å². The SMILES string of the molecule is O=C(O)C1C2CCC(O2)C1C(=O)Nc1ccc2scnc2c1. The molecule has 6 nitrogen and oxygen atoms in total. The molecule has 0 aliphatic carbocycles. The summed E-state index contributed by atoms with van der Waals surface area (Å²) < 4.78 is 6.67. The van der Waals surface area contributed by atoms with Gasteiger partial charge < -0.3 is 15.2 Å². The summed E-state index contributed by atoms with van der Waals surface area (Å²) in [5.74, 6) is -2.61. The monoisotopic (exact) mass is 318 g/mol. The van der Waals surface area contributed by atoms with Crippen LogP contribution >= 0.6 is 11.3 Å². The molecule has 4 atom stereocenters. The molecule has 3 heterocycles. The minimum atomic E-state index is -0.956. The highest BCUT2D eigenvalue weighted by Gasteiger charge is 2.55. The number of carbonyl (C=O) groups excluding carboxylic acids is 1. The number of nitrogens with one attached hydrogen (secondary N) is 1. The fourth-order valence-corrected chi connectivity index (χ4v) is 4.14. The van der Waals surface area contributed by atoms with E-state index in [0.717, 1.165) is 23.1 Å². The normalized spacial score (nSPS) is 29.8. The number of carbonyl (C=O) groups is 2. The maximum absolute atomic E-state index is 12.5. The predicted molar refractivity (Wildman–Crippen MR) is 80.8 cm³/mol. The second kappa shape index (κ2) is 5.03. The van der Waals surface area contributed by atoms with Crippen molar-refractivity contribution in [3.63, 3.8) is 0 Å². The third-order valence-electron chi connectivity index (χ3n) is 4.46. The fourth-order valence-electron chi connectivity index (χ4n) is 3.49. The zero-order valence-corrected chi connectivity index (χ0v) is 12.4. The highest BCUT2D eigenvalue weighted by atomic mass is 32.1. The summed E-state index contributed by atoms with van der Waals surface area (Å²) in [4.78, 5) is 28.2. The average molecular weight is 318 g/mol. The highest BCUT2D eigenvalue weighted by Crippen LogP contribution is 2.44. The smallest absolute Gasteiger partial charge is 0.310 e. The summed E-state index contributed by atoms with van der Waals surface area (Å²) in [6.07, 6.45) is 0.849. The number of aliphatic carboxylic acids is 1. The highest BCUT2D eigenvalue weighted by molar-refractivity contribution is 7.16. The Labute approximate surface area is 130 Å². The van der Waals surface area contributed by atoms with Crippen molar-refractivity contribution in [2.45, 2.75) is 25.0 Å². The Morgan fingerprint density at radius 1 is 1.27 bits per heavy atom. The quantitative estimate of drug-likeness (QED) is 0.905. The molecular formula is C15H14N2O4S. The van der Waals surface area contributed by atoms with Crippen LogP contribution in [0.1, 0.15) is 12.8 Å². The molecule has 1 amide bonds. The number of carboxylic acid groups (broad SMARTS) is 1. The van der Waals surface area contributed by atoms with Gasteiger partial charge in [-0.15, -0.1) is 11.3 Å². The second-order valence-corrected chi connectivity index (χ2v) is 6.59. The van der Waals surface area contributed by atoms with Gasteiger partial charge in [0.1, 0.15) is 0 Å². The third-order valence-corrected chi connectivity index (χ3v) is 5.27. The van der Waals surface area contributed by atoms with Crippen molar-refractivity contribution in [1.82, 2.24) is 4.98 Å². The van der Waals surface area contributed by atoms with Crippen molar-refractivity contribution in [2.75, 3.05) is 5.32 Å². The molecule has 2 aromatic rings. The van der Waals surface area contributed by atoms with Crippen LogP contribution in [0.15, 0.2) is 23.7 Å². The van der Waals surface area contributed by atoms with E-state index in [4.69, 9.17) is 4.74 Å². The first-order valence-electron chi connectivity index (χ1n) is 7.16. The van der Waals surface area contributed by atoms with E-state index in [2.05, 4.69) is 10.3 Å². The topological polar surface area (TPSA) is 88.5 Å². The number of aromatic nitrogens is 1. The largest absolute Gasteiger partial charge is 0.481 e. The van der Waals surface area contributed by atoms with Crippen LogP contribution in [0.25, 0.3) is 10.2 Å². The number of thiazole rings is 1.